The average Bonchev–Trinajstić information content (AvgIpc) is 2.28. The molecule has 1 amide bonds. The quantitative estimate of drug-likeness (QED) is 0.529. The van der Waals surface area contributed by atoms with Gasteiger partial charge >= 0.3 is 0 Å². The highest BCUT2D eigenvalue weighted by atomic mass is 32.1. The molecule has 0 aromatic heterocycles. The fourth-order valence-electron chi connectivity index (χ4n) is 2.55. The van der Waals surface area contributed by atoms with Gasteiger partial charge in [0.25, 0.3) is 0 Å². The number of amides is 1. The first-order chi connectivity index (χ1) is 8.88. The molecule has 0 radical (unpaired) electrons. The van der Waals surface area contributed by atoms with Crippen LogP contribution in [0.1, 0.15) is 46.5 Å². The topological polar surface area (TPSA) is 64.3 Å². The minimum Gasteiger partial charge on any atom is -0.392 e. The third kappa shape index (κ3) is 4.42. The third-order valence-corrected chi connectivity index (χ3v) is 4.00. The fraction of sp³-hybridized carbons (Fsp3) is 0.857. The lowest BCUT2D eigenvalue weighted by Crippen LogP contribution is -2.56. The molecule has 0 spiro atoms. The predicted octanol–water partition coefficient (Wildman–Crippen LogP) is 2.01. The second-order valence-corrected chi connectivity index (χ2v) is 6.28. The summed E-state index contributed by atoms with van der Waals surface area (Å²) >= 11 is 5.06. The molecule has 0 unspecified atom stereocenters. The molecule has 1 aliphatic rings. The molecule has 1 fully saturated rings. The van der Waals surface area contributed by atoms with Gasteiger partial charge in [-0.05, 0) is 45.4 Å². The number of carbonyl (C=O) groups excluding carboxylic acids is 1. The lowest BCUT2D eigenvalue weighted by atomic mass is 9.62. The molecule has 1 aliphatic carbocycles. The van der Waals surface area contributed by atoms with E-state index in [-0.39, 0.29) is 12.0 Å². The normalized spacial score (nSPS) is 26.0. The Morgan fingerprint density at radius 3 is 2.58 bits per heavy atom. The standard InChI is InChI=1S/C14H26N2O2S/c1-10(2)18-7-5-4-6-16-13(17)14(12(15)19)8-11(3)9-14/h10-11H,4-9H2,1-3H3,(H2,15,19)(H,16,17). The van der Waals surface area contributed by atoms with E-state index in [4.69, 9.17) is 22.7 Å². The number of carbonyl (C=O) groups is 1. The maximum Gasteiger partial charge on any atom is 0.233 e. The van der Waals surface area contributed by atoms with Crippen molar-refractivity contribution in [2.75, 3.05) is 13.2 Å². The van der Waals surface area contributed by atoms with Gasteiger partial charge in [-0.25, -0.2) is 0 Å². The van der Waals surface area contributed by atoms with E-state index in [0.717, 1.165) is 32.3 Å². The van der Waals surface area contributed by atoms with Crippen molar-refractivity contribution in [1.82, 2.24) is 5.32 Å². The van der Waals surface area contributed by atoms with E-state index in [1.807, 2.05) is 13.8 Å². The number of thiocarbonyl (C=S) groups is 1. The molecule has 3 N–H and O–H groups in total. The van der Waals surface area contributed by atoms with Crippen LogP contribution in [-0.4, -0.2) is 30.2 Å². The highest BCUT2D eigenvalue weighted by Gasteiger charge is 2.50. The SMILES string of the molecule is CC1CC(C(=O)NCCCCOC(C)C)(C(N)=S)C1. The first-order valence-electron chi connectivity index (χ1n) is 7.08. The maximum absolute atomic E-state index is 12.2. The molecule has 110 valence electrons. The van der Waals surface area contributed by atoms with Gasteiger partial charge in [0.05, 0.1) is 16.5 Å². The van der Waals surface area contributed by atoms with Crippen LogP contribution in [0.5, 0.6) is 0 Å². The molecule has 4 nitrogen and oxygen atoms in total. The van der Waals surface area contributed by atoms with Gasteiger partial charge in [0.1, 0.15) is 0 Å². The van der Waals surface area contributed by atoms with Crippen LogP contribution in [0.4, 0.5) is 0 Å². The molecule has 0 heterocycles. The number of ether oxygens (including phenoxy) is 1. The largest absolute Gasteiger partial charge is 0.392 e. The number of hydrogen-bond acceptors (Lipinski definition) is 3. The van der Waals surface area contributed by atoms with E-state index in [0.29, 0.717) is 17.5 Å². The molecule has 0 aliphatic heterocycles. The van der Waals surface area contributed by atoms with Gasteiger partial charge in [0.15, 0.2) is 0 Å². The van der Waals surface area contributed by atoms with E-state index in [9.17, 15) is 4.79 Å². The Balaban J connectivity index is 2.22. The van der Waals surface area contributed by atoms with Gasteiger partial charge in [-0.2, -0.15) is 0 Å². The van der Waals surface area contributed by atoms with Crippen molar-refractivity contribution in [1.29, 1.82) is 0 Å². The zero-order chi connectivity index (χ0) is 14.5. The van der Waals surface area contributed by atoms with Gasteiger partial charge in [0, 0.05) is 13.2 Å². The van der Waals surface area contributed by atoms with Gasteiger partial charge in [-0.15, -0.1) is 0 Å². The molecule has 1 rings (SSSR count). The van der Waals surface area contributed by atoms with Crippen molar-refractivity contribution in [2.24, 2.45) is 17.1 Å². The van der Waals surface area contributed by atoms with Gasteiger partial charge in [-0.1, -0.05) is 19.1 Å². The van der Waals surface area contributed by atoms with Gasteiger partial charge in [0.2, 0.25) is 5.91 Å². The van der Waals surface area contributed by atoms with Gasteiger partial charge in [-0.3, -0.25) is 4.79 Å². The number of nitrogens with two attached hydrogens (primary N) is 1. The van der Waals surface area contributed by atoms with Crippen LogP contribution in [0.15, 0.2) is 0 Å². The lowest BCUT2D eigenvalue weighted by Gasteiger charge is -2.44. The average molecular weight is 286 g/mol. The van der Waals surface area contributed by atoms with Crippen molar-refractivity contribution in [3.8, 4) is 0 Å². The Hall–Kier alpha value is -0.680. The van der Waals surface area contributed by atoms with Crippen molar-refractivity contribution < 1.29 is 9.53 Å². The molecule has 0 saturated heterocycles. The summed E-state index contributed by atoms with van der Waals surface area (Å²) < 4.78 is 5.45. The van der Waals surface area contributed by atoms with Crippen LogP contribution in [0.2, 0.25) is 0 Å². The van der Waals surface area contributed by atoms with Crippen LogP contribution in [0, 0.1) is 11.3 Å². The summed E-state index contributed by atoms with van der Waals surface area (Å²) in [5.41, 5.74) is 5.15. The number of rotatable bonds is 8. The van der Waals surface area contributed by atoms with Crippen molar-refractivity contribution in [3.05, 3.63) is 0 Å². The summed E-state index contributed by atoms with van der Waals surface area (Å²) in [6.45, 7) is 7.56. The molecular formula is C14H26N2O2S. The van der Waals surface area contributed by atoms with Crippen LogP contribution in [-0.2, 0) is 9.53 Å². The van der Waals surface area contributed by atoms with Crippen molar-refractivity contribution in [3.63, 3.8) is 0 Å². The van der Waals surface area contributed by atoms with Crippen LogP contribution in [0.25, 0.3) is 0 Å². The lowest BCUT2D eigenvalue weighted by molar-refractivity contribution is -0.132. The van der Waals surface area contributed by atoms with E-state index in [1.54, 1.807) is 0 Å². The minimum atomic E-state index is -0.580. The monoisotopic (exact) mass is 286 g/mol. The molecular weight excluding hydrogens is 260 g/mol. The minimum absolute atomic E-state index is 0.00266. The molecule has 0 aromatic rings. The zero-order valence-corrected chi connectivity index (χ0v) is 13.0. The third-order valence-electron chi connectivity index (χ3n) is 3.61. The zero-order valence-electron chi connectivity index (χ0n) is 12.2. The Morgan fingerprint density at radius 2 is 2.11 bits per heavy atom. The van der Waals surface area contributed by atoms with E-state index in [2.05, 4.69) is 12.2 Å². The summed E-state index contributed by atoms with van der Waals surface area (Å²) in [7, 11) is 0. The molecule has 0 atom stereocenters. The summed E-state index contributed by atoms with van der Waals surface area (Å²) in [6, 6.07) is 0. The van der Waals surface area contributed by atoms with Crippen LogP contribution < -0.4 is 11.1 Å². The van der Waals surface area contributed by atoms with Crippen LogP contribution in [0.3, 0.4) is 0 Å². The highest BCUT2D eigenvalue weighted by molar-refractivity contribution is 7.80. The van der Waals surface area contributed by atoms with E-state index in [1.165, 1.54) is 0 Å². The van der Waals surface area contributed by atoms with E-state index >= 15 is 0 Å². The van der Waals surface area contributed by atoms with E-state index < -0.39 is 5.41 Å². The fourth-order valence-corrected chi connectivity index (χ4v) is 2.80. The van der Waals surface area contributed by atoms with Gasteiger partial charge < -0.3 is 15.8 Å². The van der Waals surface area contributed by atoms with Crippen molar-refractivity contribution in [2.45, 2.75) is 52.6 Å². The summed E-state index contributed by atoms with van der Waals surface area (Å²) in [4.78, 5) is 12.5. The predicted molar refractivity (Wildman–Crippen MR) is 80.9 cm³/mol. The maximum atomic E-state index is 12.2. The Labute approximate surface area is 121 Å². The number of hydrogen-bond donors (Lipinski definition) is 2. The summed E-state index contributed by atoms with van der Waals surface area (Å²) in [5.74, 6) is 0.537. The second-order valence-electron chi connectivity index (χ2n) is 5.84. The Bertz CT molecular complexity index is 325. The number of unbranched alkanes of at least 4 members (excludes halogenated alkanes) is 1. The highest BCUT2D eigenvalue weighted by Crippen LogP contribution is 2.45. The van der Waals surface area contributed by atoms with Crippen molar-refractivity contribution >= 4 is 23.1 Å². The summed E-state index contributed by atoms with van der Waals surface area (Å²) in [6.07, 6.45) is 3.70. The Morgan fingerprint density at radius 1 is 1.47 bits per heavy atom. The molecule has 0 aromatic carbocycles. The number of nitrogens with one attached hydrogen (secondary N) is 1. The first-order valence-corrected chi connectivity index (χ1v) is 7.49. The first kappa shape index (κ1) is 16.4. The second kappa shape index (κ2) is 7.20. The molecule has 19 heavy (non-hydrogen) atoms. The molecule has 5 heteroatoms. The smallest absolute Gasteiger partial charge is 0.233 e. The Kier molecular flexibility index (Phi) is 6.20. The molecule has 1 saturated carbocycles. The molecule has 0 bridgehead atoms. The van der Waals surface area contributed by atoms with Crippen LogP contribution >= 0.6 is 12.2 Å². The summed E-state index contributed by atoms with van der Waals surface area (Å²) in [5, 5.41) is 2.95.